The minimum Gasteiger partial charge on any atom is -0.338 e. The van der Waals surface area contributed by atoms with Crippen molar-refractivity contribution in [1.82, 2.24) is 9.21 Å². The predicted molar refractivity (Wildman–Crippen MR) is 95.7 cm³/mol. The summed E-state index contributed by atoms with van der Waals surface area (Å²) in [5, 5.41) is 0. The number of likely N-dealkylation sites (tertiary alicyclic amines) is 1. The molecule has 1 aromatic carbocycles. The van der Waals surface area contributed by atoms with E-state index in [-0.39, 0.29) is 10.8 Å². The molecule has 2 aliphatic rings. The number of benzene rings is 1. The van der Waals surface area contributed by atoms with Crippen LogP contribution in [0.25, 0.3) is 0 Å². The summed E-state index contributed by atoms with van der Waals surface area (Å²) in [4.78, 5) is 15.5. The summed E-state index contributed by atoms with van der Waals surface area (Å²) in [5.41, 5.74) is 0. The van der Waals surface area contributed by atoms with Crippen LogP contribution in [0.4, 0.5) is 4.39 Å². The monoisotopic (exact) mass is 384 g/mol. The molecule has 0 aromatic heterocycles. The fraction of sp³-hybridized carbons (Fsp3) is 0.611. The van der Waals surface area contributed by atoms with Gasteiger partial charge in [0.05, 0.1) is 31.1 Å². The first-order chi connectivity index (χ1) is 12.4. The average molecular weight is 384 g/mol. The molecular formula is C18H27FN3O3S+. The van der Waals surface area contributed by atoms with E-state index in [0.29, 0.717) is 38.6 Å². The number of halogens is 1. The number of hydrogen-bond donors (Lipinski definition) is 1. The number of carbonyl (C=O) groups is 1. The average Bonchev–Trinajstić information content (AvgIpc) is 2.62. The number of nitrogens with one attached hydrogen (secondary N) is 1. The Morgan fingerprint density at radius 1 is 1.27 bits per heavy atom. The maximum absolute atomic E-state index is 13.3. The Kier molecular flexibility index (Phi) is 5.94. The van der Waals surface area contributed by atoms with Crippen LogP contribution in [-0.4, -0.2) is 69.3 Å². The second-order valence-electron chi connectivity index (χ2n) is 7.38. The maximum Gasteiger partial charge on any atom is 0.277 e. The molecule has 1 N–H and O–H groups in total. The van der Waals surface area contributed by atoms with E-state index < -0.39 is 15.8 Å². The highest BCUT2D eigenvalue weighted by Crippen LogP contribution is 2.17. The van der Waals surface area contributed by atoms with Gasteiger partial charge in [0, 0.05) is 13.1 Å². The molecule has 2 saturated heterocycles. The van der Waals surface area contributed by atoms with Gasteiger partial charge < -0.3 is 9.80 Å². The second kappa shape index (κ2) is 8.02. The molecular weight excluding hydrogens is 357 g/mol. The topological polar surface area (TPSA) is 62.1 Å². The van der Waals surface area contributed by atoms with Gasteiger partial charge in [-0.05, 0) is 37.0 Å². The van der Waals surface area contributed by atoms with Crippen molar-refractivity contribution in [1.29, 1.82) is 0 Å². The summed E-state index contributed by atoms with van der Waals surface area (Å²) >= 11 is 0. The molecule has 1 atom stereocenters. The molecule has 6 nitrogen and oxygen atoms in total. The normalized spacial score (nSPS) is 23.2. The molecule has 0 aliphatic carbocycles. The highest BCUT2D eigenvalue weighted by atomic mass is 32.2. The van der Waals surface area contributed by atoms with Gasteiger partial charge >= 0.3 is 0 Å². The third-order valence-electron chi connectivity index (χ3n) is 5.27. The van der Waals surface area contributed by atoms with Crippen LogP contribution < -0.4 is 4.90 Å². The lowest BCUT2D eigenvalue weighted by molar-refractivity contribution is -0.896. The van der Waals surface area contributed by atoms with Crippen LogP contribution in [0.15, 0.2) is 29.2 Å². The lowest BCUT2D eigenvalue weighted by atomic mass is 10.0. The minimum atomic E-state index is -3.68. The molecule has 0 bridgehead atoms. The van der Waals surface area contributed by atoms with Gasteiger partial charge in [0.15, 0.2) is 6.54 Å². The SMILES string of the molecule is C[C@H]1CCCN(C(=O)C[NH+]2CCN(S(=O)(=O)c3cccc(F)c3)CC2)C1. The van der Waals surface area contributed by atoms with Crippen molar-refractivity contribution >= 4 is 15.9 Å². The number of amides is 1. The second-order valence-corrected chi connectivity index (χ2v) is 9.31. The molecule has 0 unspecified atom stereocenters. The lowest BCUT2D eigenvalue weighted by Crippen LogP contribution is -3.15. The molecule has 0 radical (unpaired) electrons. The zero-order valence-corrected chi connectivity index (χ0v) is 16.0. The summed E-state index contributed by atoms with van der Waals surface area (Å²) < 4.78 is 40.0. The standard InChI is InChI=1S/C18H26FN3O3S/c1-15-4-3-7-21(13-15)18(23)14-20-8-10-22(11-9-20)26(24,25)17-6-2-5-16(19)12-17/h2,5-6,12,15H,3-4,7-11,13-14H2,1H3/p+1/t15-/m0/s1. The molecule has 2 aliphatic heterocycles. The number of nitrogens with zero attached hydrogens (tertiary/aromatic N) is 2. The number of piperidine rings is 1. The lowest BCUT2D eigenvalue weighted by Gasteiger charge is -2.34. The van der Waals surface area contributed by atoms with Gasteiger partial charge in [-0.1, -0.05) is 13.0 Å². The molecule has 3 rings (SSSR count). The third-order valence-corrected chi connectivity index (χ3v) is 7.17. The quantitative estimate of drug-likeness (QED) is 0.793. The summed E-state index contributed by atoms with van der Waals surface area (Å²) in [6.07, 6.45) is 2.23. The van der Waals surface area contributed by atoms with Crippen molar-refractivity contribution in [2.45, 2.75) is 24.7 Å². The van der Waals surface area contributed by atoms with Crippen molar-refractivity contribution < 1.29 is 22.5 Å². The van der Waals surface area contributed by atoms with Crippen LogP contribution in [0, 0.1) is 11.7 Å². The largest absolute Gasteiger partial charge is 0.338 e. The number of quaternary nitrogens is 1. The van der Waals surface area contributed by atoms with Crippen LogP contribution in [0.2, 0.25) is 0 Å². The van der Waals surface area contributed by atoms with Crippen LogP contribution >= 0.6 is 0 Å². The Morgan fingerprint density at radius 3 is 2.65 bits per heavy atom. The van der Waals surface area contributed by atoms with Gasteiger partial charge in [-0.25, -0.2) is 12.8 Å². The van der Waals surface area contributed by atoms with Crippen LogP contribution in [0.5, 0.6) is 0 Å². The van der Waals surface area contributed by atoms with E-state index in [1.54, 1.807) is 0 Å². The molecule has 1 aromatic rings. The molecule has 2 heterocycles. The van der Waals surface area contributed by atoms with E-state index in [0.717, 1.165) is 30.5 Å². The first-order valence-corrected chi connectivity index (χ1v) is 10.7. The molecule has 144 valence electrons. The number of rotatable bonds is 4. The van der Waals surface area contributed by atoms with E-state index >= 15 is 0 Å². The van der Waals surface area contributed by atoms with Crippen molar-refractivity contribution in [3.05, 3.63) is 30.1 Å². The van der Waals surface area contributed by atoms with E-state index in [1.165, 1.54) is 28.9 Å². The summed E-state index contributed by atoms with van der Waals surface area (Å²) in [7, 11) is -3.68. The van der Waals surface area contributed by atoms with E-state index in [4.69, 9.17) is 0 Å². The number of piperazine rings is 1. The van der Waals surface area contributed by atoms with Gasteiger partial charge in [0.1, 0.15) is 5.82 Å². The molecule has 2 fully saturated rings. The fourth-order valence-corrected chi connectivity index (χ4v) is 5.21. The third kappa shape index (κ3) is 4.42. The first-order valence-electron chi connectivity index (χ1n) is 9.23. The molecule has 0 saturated carbocycles. The Bertz CT molecular complexity index is 748. The van der Waals surface area contributed by atoms with Gasteiger partial charge in [0.2, 0.25) is 10.0 Å². The predicted octanol–water partition coefficient (Wildman–Crippen LogP) is -0.0266. The highest BCUT2D eigenvalue weighted by Gasteiger charge is 2.32. The summed E-state index contributed by atoms with van der Waals surface area (Å²) in [6, 6.07) is 5.10. The van der Waals surface area contributed by atoms with Gasteiger partial charge in [0.25, 0.3) is 5.91 Å². The molecule has 8 heteroatoms. The summed E-state index contributed by atoms with van der Waals surface area (Å²) in [6.45, 7) is 6.11. The Hall–Kier alpha value is -1.51. The van der Waals surface area contributed by atoms with E-state index in [1.807, 2.05) is 4.90 Å². The van der Waals surface area contributed by atoms with Crippen molar-refractivity contribution in [2.24, 2.45) is 5.92 Å². The number of sulfonamides is 1. The van der Waals surface area contributed by atoms with Crippen LogP contribution in [0.1, 0.15) is 19.8 Å². The zero-order valence-electron chi connectivity index (χ0n) is 15.2. The van der Waals surface area contributed by atoms with Crippen molar-refractivity contribution in [3.63, 3.8) is 0 Å². The van der Waals surface area contributed by atoms with Gasteiger partial charge in [-0.3, -0.25) is 4.79 Å². The molecule has 0 spiro atoms. The smallest absolute Gasteiger partial charge is 0.277 e. The Morgan fingerprint density at radius 2 is 2.00 bits per heavy atom. The van der Waals surface area contributed by atoms with E-state index in [9.17, 15) is 17.6 Å². The maximum atomic E-state index is 13.3. The van der Waals surface area contributed by atoms with Crippen LogP contribution in [-0.2, 0) is 14.8 Å². The Balaban J connectivity index is 1.55. The fourth-order valence-electron chi connectivity index (χ4n) is 3.74. The van der Waals surface area contributed by atoms with Gasteiger partial charge in [-0.15, -0.1) is 0 Å². The van der Waals surface area contributed by atoms with Crippen LogP contribution in [0.3, 0.4) is 0 Å². The minimum absolute atomic E-state index is 0.0145. The highest BCUT2D eigenvalue weighted by molar-refractivity contribution is 7.89. The van der Waals surface area contributed by atoms with Crippen molar-refractivity contribution in [3.8, 4) is 0 Å². The Labute approximate surface area is 154 Å². The van der Waals surface area contributed by atoms with Crippen molar-refractivity contribution in [2.75, 3.05) is 45.8 Å². The van der Waals surface area contributed by atoms with E-state index in [2.05, 4.69) is 6.92 Å². The molecule has 26 heavy (non-hydrogen) atoms. The first kappa shape index (κ1) is 19.3. The number of carbonyl (C=O) groups excluding carboxylic acids is 1. The molecule has 1 amide bonds. The van der Waals surface area contributed by atoms with Gasteiger partial charge in [-0.2, -0.15) is 4.31 Å². The zero-order chi connectivity index (χ0) is 18.7. The summed E-state index contributed by atoms with van der Waals surface area (Å²) in [5.74, 6) is 0.153. The number of hydrogen-bond acceptors (Lipinski definition) is 3.